The van der Waals surface area contributed by atoms with Gasteiger partial charge in [-0.3, -0.25) is 4.98 Å². The highest BCUT2D eigenvalue weighted by molar-refractivity contribution is 5.69. The monoisotopic (exact) mass is 191 g/mol. The van der Waals surface area contributed by atoms with E-state index in [4.69, 9.17) is 5.11 Å². The van der Waals surface area contributed by atoms with Crippen molar-refractivity contribution in [3.63, 3.8) is 0 Å². The molecule has 1 aromatic rings. The molecular formula is C11H13NO2. The van der Waals surface area contributed by atoms with Gasteiger partial charge in [0, 0.05) is 18.4 Å². The van der Waals surface area contributed by atoms with Crippen molar-refractivity contribution in [2.24, 2.45) is 0 Å². The SMILES string of the molecule is OCCC1=CCC(O)c2ncccc21. The average Bonchev–Trinajstić information content (AvgIpc) is 2.23. The third-order valence-corrected chi connectivity index (χ3v) is 2.47. The molecule has 1 heterocycles. The number of aliphatic hydroxyl groups is 2. The Morgan fingerprint density at radius 3 is 3.14 bits per heavy atom. The van der Waals surface area contributed by atoms with Crippen LogP contribution in [0.1, 0.15) is 30.2 Å². The Kier molecular flexibility index (Phi) is 2.61. The molecule has 3 heteroatoms. The maximum absolute atomic E-state index is 9.68. The number of fused-ring (bicyclic) bond motifs is 1. The second-order valence-electron chi connectivity index (χ2n) is 3.39. The van der Waals surface area contributed by atoms with Crippen molar-refractivity contribution in [2.45, 2.75) is 18.9 Å². The summed E-state index contributed by atoms with van der Waals surface area (Å²) < 4.78 is 0. The molecule has 14 heavy (non-hydrogen) atoms. The lowest BCUT2D eigenvalue weighted by Crippen LogP contribution is -2.09. The van der Waals surface area contributed by atoms with Crippen LogP contribution in [0.5, 0.6) is 0 Å². The Balaban J connectivity index is 2.40. The summed E-state index contributed by atoms with van der Waals surface area (Å²) in [6.07, 6.45) is 4.40. The lowest BCUT2D eigenvalue weighted by Gasteiger charge is -2.20. The van der Waals surface area contributed by atoms with Crippen LogP contribution in [-0.4, -0.2) is 21.8 Å². The lowest BCUT2D eigenvalue weighted by atomic mass is 9.91. The van der Waals surface area contributed by atoms with E-state index in [1.54, 1.807) is 6.20 Å². The molecule has 1 aliphatic carbocycles. The summed E-state index contributed by atoms with van der Waals surface area (Å²) >= 11 is 0. The molecule has 2 N–H and O–H groups in total. The van der Waals surface area contributed by atoms with Crippen molar-refractivity contribution < 1.29 is 10.2 Å². The van der Waals surface area contributed by atoms with E-state index in [9.17, 15) is 5.11 Å². The molecule has 0 radical (unpaired) electrons. The summed E-state index contributed by atoms with van der Waals surface area (Å²) in [6, 6.07) is 3.79. The first kappa shape index (κ1) is 9.37. The Labute approximate surface area is 82.7 Å². The van der Waals surface area contributed by atoms with Crippen molar-refractivity contribution >= 4 is 5.57 Å². The van der Waals surface area contributed by atoms with Crippen molar-refractivity contribution in [1.82, 2.24) is 4.98 Å². The molecule has 1 aliphatic rings. The van der Waals surface area contributed by atoms with Crippen molar-refractivity contribution in [3.8, 4) is 0 Å². The molecule has 74 valence electrons. The first-order valence-electron chi connectivity index (χ1n) is 4.76. The summed E-state index contributed by atoms with van der Waals surface area (Å²) in [6.45, 7) is 0.135. The molecule has 1 aromatic heterocycles. The molecular weight excluding hydrogens is 178 g/mol. The fourth-order valence-corrected chi connectivity index (χ4v) is 1.79. The summed E-state index contributed by atoms with van der Waals surface area (Å²) in [4.78, 5) is 4.16. The number of hydrogen-bond acceptors (Lipinski definition) is 3. The van der Waals surface area contributed by atoms with E-state index in [1.807, 2.05) is 18.2 Å². The fourth-order valence-electron chi connectivity index (χ4n) is 1.79. The third kappa shape index (κ3) is 1.56. The van der Waals surface area contributed by atoms with Gasteiger partial charge in [0.05, 0.1) is 11.8 Å². The molecule has 0 fully saturated rings. The zero-order valence-corrected chi connectivity index (χ0v) is 7.85. The van der Waals surface area contributed by atoms with Crippen LogP contribution in [0, 0.1) is 0 Å². The summed E-state index contributed by atoms with van der Waals surface area (Å²) in [5, 5.41) is 18.6. The van der Waals surface area contributed by atoms with Gasteiger partial charge in [-0.25, -0.2) is 0 Å². The molecule has 1 atom stereocenters. The standard InChI is InChI=1S/C11H13NO2/c13-7-5-8-3-4-10(14)11-9(8)2-1-6-12-11/h1-3,6,10,13-14H,4-5,7H2. The van der Waals surface area contributed by atoms with Crippen LogP contribution in [-0.2, 0) is 0 Å². The quantitative estimate of drug-likeness (QED) is 0.740. The molecule has 0 amide bonds. The molecule has 2 rings (SSSR count). The Bertz CT molecular complexity index is 360. The number of hydrogen-bond donors (Lipinski definition) is 2. The fraction of sp³-hybridized carbons (Fsp3) is 0.364. The summed E-state index contributed by atoms with van der Waals surface area (Å²) in [7, 11) is 0. The Morgan fingerprint density at radius 2 is 2.36 bits per heavy atom. The van der Waals surface area contributed by atoms with E-state index in [-0.39, 0.29) is 6.61 Å². The van der Waals surface area contributed by atoms with Gasteiger partial charge in [-0.1, -0.05) is 12.1 Å². The van der Waals surface area contributed by atoms with Gasteiger partial charge in [-0.05, 0) is 24.5 Å². The molecule has 0 bridgehead atoms. The average molecular weight is 191 g/mol. The van der Waals surface area contributed by atoms with Crippen LogP contribution in [0.2, 0.25) is 0 Å². The van der Waals surface area contributed by atoms with E-state index < -0.39 is 6.10 Å². The molecule has 0 saturated heterocycles. The molecule has 0 spiro atoms. The zero-order chi connectivity index (χ0) is 9.97. The maximum atomic E-state index is 9.68. The molecule has 0 aliphatic heterocycles. The molecule has 3 nitrogen and oxygen atoms in total. The van der Waals surface area contributed by atoms with Crippen molar-refractivity contribution in [2.75, 3.05) is 6.61 Å². The van der Waals surface area contributed by atoms with E-state index in [0.29, 0.717) is 12.8 Å². The first-order valence-corrected chi connectivity index (χ1v) is 4.76. The van der Waals surface area contributed by atoms with E-state index in [2.05, 4.69) is 4.98 Å². The van der Waals surface area contributed by atoms with E-state index in [0.717, 1.165) is 16.8 Å². The van der Waals surface area contributed by atoms with Crippen LogP contribution in [0.4, 0.5) is 0 Å². The van der Waals surface area contributed by atoms with Crippen LogP contribution >= 0.6 is 0 Å². The number of pyridine rings is 1. The van der Waals surface area contributed by atoms with E-state index in [1.165, 1.54) is 0 Å². The highest BCUT2D eigenvalue weighted by Crippen LogP contribution is 2.32. The summed E-state index contributed by atoms with van der Waals surface area (Å²) in [5.74, 6) is 0. The van der Waals surface area contributed by atoms with Gasteiger partial charge in [0.1, 0.15) is 0 Å². The summed E-state index contributed by atoms with van der Waals surface area (Å²) in [5.41, 5.74) is 2.79. The van der Waals surface area contributed by atoms with Crippen LogP contribution < -0.4 is 0 Å². The lowest BCUT2D eigenvalue weighted by molar-refractivity contribution is 0.174. The van der Waals surface area contributed by atoms with Gasteiger partial charge in [0.15, 0.2) is 0 Å². The maximum Gasteiger partial charge on any atom is 0.1000 e. The topological polar surface area (TPSA) is 53.4 Å². The van der Waals surface area contributed by atoms with Crippen LogP contribution in [0.15, 0.2) is 24.4 Å². The molecule has 0 aromatic carbocycles. The third-order valence-electron chi connectivity index (χ3n) is 2.47. The molecule has 0 saturated carbocycles. The highest BCUT2D eigenvalue weighted by atomic mass is 16.3. The van der Waals surface area contributed by atoms with Gasteiger partial charge in [-0.2, -0.15) is 0 Å². The Morgan fingerprint density at radius 1 is 1.50 bits per heavy atom. The number of aliphatic hydroxyl groups excluding tert-OH is 2. The normalized spacial score (nSPS) is 20.1. The second kappa shape index (κ2) is 3.90. The van der Waals surface area contributed by atoms with Gasteiger partial charge in [0.25, 0.3) is 0 Å². The number of aromatic nitrogens is 1. The van der Waals surface area contributed by atoms with Crippen LogP contribution in [0.25, 0.3) is 5.57 Å². The minimum absolute atomic E-state index is 0.135. The predicted molar refractivity (Wildman–Crippen MR) is 53.5 cm³/mol. The highest BCUT2D eigenvalue weighted by Gasteiger charge is 2.19. The zero-order valence-electron chi connectivity index (χ0n) is 7.85. The molecule has 1 unspecified atom stereocenters. The van der Waals surface area contributed by atoms with Gasteiger partial charge in [-0.15, -0.1) is 0 Å². The van der Waals surface area contributed by atoms with Crippen molar-refractivity contribution in [1.29, 1.82) is 0 Å². The van der Waals surface area contributed by atoms with Gasteiger partial charge < -0.3 is 10.2 Å². The van der Waals surface area contributed by atoms with Crippen LogP contribution in [0.3, 0.4) is 0 Å². The van der Waals surface area contributed by atoms with Gasteiger partial charge >= 0.3 is 0 Å². The second-order valence-corrected chi connectivity index (χ2v) is 3.39. The Hall–Kier alpha value is -1.19. The first-order chi connectivity index (χ1) is 6.83. The number of rotatable bonds is 2. The predicted octanol–water partition coefficient (Wildman–Crippen LogP) is 1.28. The minimum Gasteiger partial charge on any atom is -0.396 e. The largest absolute Gasteiger partial charge is 0.396 e. The number of nitrogens with zero attached hydrogens (tertiary/aromatic N) is 1. The smallest absolute Gasteiger partial charge is 0.1000 e. The minimum atomic E-state index is -0.492. The van der Waals surface area contributed by atoms with Gasteiger partial charge in [0.2, 0.25) is 0 Å². The van der Waals surface area contributed by atoms with Crippen molar-refractivity contribution in [3.05, 3.63) is 35.7 Å². The van der Waals surface area contributed by atoms with E-state index >= 15 is 0 Å².